The van der Waals surface area contributed by atoms with Crippen molar-refractivity contribution in [3.63, 3.8) is 0 Å². The molecule has 2 saturated carbocycles. The molecule has 5 heteroatoms. The Morgan fingerprint density at radius 2 is 1.81 bits per heavy atom. The van der Waals surface area contributed by atoms with Crippen molar-refractivity contribution in [3.8, 4) is 0 Å². The van der Waals surface area contributed by atoms with Gasteiger partial charge in [0, 0.05) is 0 Å². The fraction of sp³-hybridized carbons (Fsp3) is 0.875. The molecule has 1 saturated heterocycles. The van der Waals surface area contributed by atoms with Gasteiger partial charge in [0.1, 0.15) is 11.7 Å². The molecule has 0 aromatic carbocycles. The standard InChI is InChI=1S/C16H25NO4/c1-9-4-12-5-10(2)7-16(6-9,8-12)21-15(19)17-13-11(3)20-14(13)18/h9-13H,4-8H2,1-3H3,(H,17,19)/t9?,10?,11-,12?,13+,16?/m0/s1. The minimum Gasteiger partial charge on any atom is -0.458 e. The number of carbonyl (C=O) groups is 2. The highest BCUT2D eigenvalue weighted by Gasteiger charge is 2.48. The lowest BCUT2D eigenvalue weighted by molar-refractivity contribution is -0.174. The van der Waals surface area contributed by atoms with Crippen LogP contribution in [0.1, 0.15) is 52.9 Å². The lowest BCUT2D eigenvalue weighted by atomic mass is 9.63. The van der Waals surface area contributed by atoms with Gasteiger partial charge in [-0.15, -0.1) is 0 Å². The number of hydrogen-bond donors (Lipinski definition) is 1. The van der Waals surface area contributed by atoms with E-state index < -0.39 is 12.1 Å². The second-order valence-corrected chi connectivity index (χ2v) is 7.50. The van der Waals surface area contributed by atoms with Crippen molar-refractivity contribution in [2.75, 3.05) is 0 Å². The molecule has 0 aromatic heterocycles. The summed E-state index contributed by atoms with van der Waals surface area (Å²) in [6.45, 7) is 6.25. The van der Waals surface area contributed by atoms with Crippen molar-refractivity contribution < 1.29 is 19.1 Å². The first kappa shape index (κ1) is 14.7. The highest BCUT2D eigenvalue weighted by Crippen LogP contribution is 2.49. The maximum absolute atomic E-state index is 12.2. The van der Waals surface area contributed by atoms with Gasteiger partial charge in [0.05, 0.1) is 0 Å². The number of rotatable bonds is 2. The van der Waals surface area contributed by atoms with Crippen LogP contribution in [0.25, 0.3) is 0 Å². The Kier molecular flexibility index (Phi) is 3.62. The molecule has 1 amide bonds. The number of esters is 1. The number of alkyl carbamates (subject to hydrolysis) is 1. The zero-order valence-corrected chi connectivity index (χ0v) is 13.1. The second-order valence-electron chi connectivity index (χ2n) is 7.50. The molecular weight excluding hydrogens is 270 g/mol. The van der Waals surface area contributed by atoms with Gasteiger partial charge in [-0.2, -0.15) is 0 Å². The Balaban J connectivity index is 1.64. The SMILES string of the molecule is CC1CC2CC(C)CC(OC(=O)N[C@H]3C(=O)O[C@H]3C)(C1)C2. The Morgan fingerprint density at radius 1 is 1.19 bits per heavy atom. The van der Waals surface area contributed by atoms with Crippen molar-refractivity contribution in [1.29, 1.82) is 0 Å². The first-order chi connectivity index (χ1) is 9.87. The fourth-order valence-electron chi connectivity index (χ4n) is 4.71. The lowest BCUT2D eigenvalue weighted by Crippen LogP contribution is -2.60. The predicted molar refractivity (Wildman–Crippen MR) is 76.6 cm³/mol. The number of carbonyl (C=O) groups excluding carboxylic acids is 2. The summed E-state index contributed by atoms with van der Waals surface area (Å²) in [5, 5.41) is 2.66. The topological polar surface area (TPSA) is 64.6 Å². The van der Waals surface area contributed by atoms with E-state index in [1.54, 1.807) is 6.92 Å². The van der Waals surface area contributed by atoms with Gasteiger partial charge in [0.15, 0.2) is 6.04 Å². The third-order valence-corrected chi connectivity index (χ3v) is 5.18. The van der Waals surface area contributed by atoms with Gasteiger partial charge in [-0.1, -0.05) is 13.8 Å². The van der Waals surface area contributed by atoms with E-state index in [1.165, 1.54) is 12.8 Å². The summed E-state index contributed by atoms with van der Waals surface area (Å²) in [6.07, 6.45) is 4.60. The molecule has 1 aliphatic heterocycles. The van der Waals surface area contributed by atoms with Crippen LogP contribution in [0.2, 0.25) is 0 Å². The summed E-state index contributed by atoms with van der Waals surface area (Å²) in [5.41, 5.74) is -0.332. The Labute approximate surface area is 125 Å². The zero-order chi connectivity index (χ0) is 15.2. The van der Waals surface area contributed by atoms with E-state index in [-0.39, 0.29) is 17.7 Å². The molecule has 118 valence electrons. The van der Waals surface area contributed by atoms with Crippen LogP contribution in [-0.4, -0.2) is 29.8 Å². The summed E-state index contributed by atoms with van der Waals surface area (Å²) in [5.74, 6) is 1.48. The molecule has 1 heterocycles. The van der Waals surface area contributed by atoms with E-state index in [4.69, 9.17) is 9.47 Å². The molecule has 0 aromatic rings. The van der Waals surface area contributed by atoms with Crippen LogP contribution >= 0.6 is 0 Å². The first-order valence-electron chi connectivity index (χ1n) is 8.07. The summed E-state index contributed by atoms with van der Waals surface area (Å²) in [4.78, 5) is 23.5. The summed E-state index contributed by atoms with van der Waals surface area (Å²) >= 11 is 0. The third-order valence-electron chi connectivity index (χ3n) is 5.18. The number of hydrogen-bond acceptors (Lipinski definition) is 4. The molecule has 2 bridgehead atoms. The maximum atomic E-state index is 12.2. The van der Waals surface area contributed by atoms with E-state index in [0.717, 1.165) is 19.3 Å². The van der Waals surface area contributed by atoms with Crippen LogP contribution in [0.15, 0.2) is 0 Å². The molecule has 3 aliphatic rings. The van der Waals surface area contributed by atoms with E-state index in [2.05, 4.69) is 19.2 Å². The van der Waals surface area contributed by atoms with Gasteiger partial charge in [-0.3, -0.25) is 0 Å². The number of ether oxygens (including phenoxy) is 2. The monoisotopic (exact) mass is 295 g/mol. The van der Waals surface area contributed by atoms with E-state index in [9.17, 15) is 9.59 Å². The molecule has 1 N–H and O–H groups in total. The average Bonchev–Trinajstić information content (AvgIpc) is 2.33. The van der Waals surface area contributed by atoms with Crippen LogP contribution in [-0.2, 0) is 14.3 Å². The molecule has 21 heavy (non-hydrogen) atoms. The van der Waals surface area contributed by atoms with Crippen molar-refractivity contribution in [2.45, 2.75) is 70.6 Å². The number of cyclic esters (lactones) is 1. The highest BCUT2D eigenvalue weighted by atomic mass is 16.6. The predicted octanol–water partition coefficient (Wildman–Crippen LogP) is 2.63. The minimum atomic E-state index is -0.549. The fourth-order valence-corrected chi connectivity index (χ4v) is 4.71. The van der Waals surface area contributed by atoms with Crippen LogP contribution in [0.5, 0.6) is 0 Å². The number of amides is 1. The number of fused-ring (bicyclic) bond motifs is 2. The number of nitrogens with one attached hydrogen (secondary N) is 1. The van der Waals surface area contributed by atoms with Crippen molar-refractivity contribution >= 4 is 12.1 Å². The summed E-state index contributed by atoms with van der Waals surface area (Å²) < 4.78 is 10.7. The summed E-state index contributed by atoms with van der Waals surface area (Å²) in [6, 6.07) is -0.549. The van der Waals surface area contributed by atoms with Crippen molar-refractivity contribution in [2.24, 2.45) is 17.8 Å². The van der Waals surface area contributed by atoms with Gasteiger partial charge in [-0.25, -0.2) is 9.59 Å². The molecule has 2 aliphatic carbocycles. The van der Waals surface area contributed by atoms with E-state index in [1.807, 2.05) is 0 Å². The molecule has 3 rings (SSSR count). The molecule has 3 fully saturated rings. The van der Waals surface area contributed by atoms with Crippen molar-refractivity contribution in [3.05, 3.63) is 0 Å². The quantitative estimate of drug-likeness (QED) is 0.795. The second kappa shape index (κ2) is 5.18. The van der Waals surface area contributed by atoms with Crippen LogP contribution in [0, 0.1) is 17.8 Å². The normalized spacial score (nSPS) is 45.3. The first-order valence-corrected chi connectivity index (χ1v) is 8.07. The van der Waals surface area contributed by atoms with Crippen molar-refractivity contribution in [1.82, 2.24) is 5.32 Å². The van der Waals surface area contributed by atoms with E-state index >= 15 is 0 Å². The Bertz CT molecular complexity index is 430. The van der Waals surface area contributed by atoms with Gasteiger partial charge in [0.2, 0.25) is 0 Å². The molecule has 2 unspecified atom stereocenters. The zero-order valence-electron chi connectivity index (χ0n) is 13.1. The van der Waals surface area contributed by atoms with E-state index in [0.29, 0.717) is 17.8 Å². The Hall–Kier alpha value is -1.26. The minimum absolute atomic E-state index is 0.258. The van der Waals surface area contributed by atoms with Crippen LogP contribution in [0.4, 0.5) is 4.79 Å². The average molecular weight is 295 g/mol. The van der Waals surface area contributed by atoms with Gasteiger partial charge in [0.25, 0.3) is 0 Å². The van der Waals surface area contributed by atoms with Crippen LogP contribution in [0.3, 0.4) is 0 Å². The Morgan fingerprint density at radius 3 is 2.33 bits per heavy atom. The largest absolute Gasteiger partial charge is 0.458 e. The maximum Gasteiger partial charge on any atom is 0.408 e. The van der Waals surface area contributed by atoms with Gasteiger partial charge < -0.3 is 14.8 Å². The highest BCUT2D eigenvalue weighted by molar-refractivity contribution is 5.86. The van der Waals surface area contributed by atoms with Gasteiger partial charge >= 0.3 is 12.1 Å². The summed E-state index contributed by atoms with van der Waals surface area (Å²) in [7, 11) is 0. The molecule has 0 radical (unpaired) electrons. The molecule has 4 atom stereocenters. The smallest absolute Gasteiger partial charge is 0.408 e. The third kappa shape index (κ3) is 2.87. The molecule has 0 spiro atoms. The molecular formula is C16H25NO4. The lowest BCUT2D eigenvalue weighted by Gasteiger charge is -2.49. The molecule has 5 nitrogen and oxygen atoms in total. The van der Waals surface area contributed by atoms with Gasteiger partial charge in [-0.05, 0) is 56.8 Å². The van der Waals surface area contributed by atoms with Crippen LogP contribution < -0.4 is 5.32 Å².